The lowest BCUT2D eigenvalue weighted by molar-refractivity contribution is -0.136. The molecule has 0 saturated carbocycles. The summed E-state index contributed by atoms with van der Waals surface area (Å²) in [7, 11) is 0. The van der Waals surface area contributed by atoms with Crippen molar-refractivity contribution in [3.63, 3.8) is 0 Å². The third kappa shape index (κ3) is 3.02. The van der Waals surface area contributed by atoms with E-state index in [0.29, 0.717) is 5.39 Å². The highest BCUT2D eigenvalue weighted by Crippen LogP contribution is 2.33. The number of para-hydroxylation sites is 1. The summed E-state index contributed by atoms with van der Waals surface area (Å²) < 4.78 is 37.0. The van der Waals surface area contributed by atoms with Crippen LogP contribution >= 0.6 is 23.2 Å². The Morgan fingerprint density at radius 2 is 1.88 bits per heavy atom. The molecule has 0 aliphatic carbocycles. The quantitative estimate of drug-likeness (QED) is 0.721. The van der Waals surface area contributed by atoms with Crippen LogP contribution in [0.15, 0.2) is 24.4 Å². The Bertz CT molecular complexity index is 453. The molecule has 0 atom stereocenters. The van der Waals surface area contributed by atoms with Crippen molar-refractivity contribution < 1.29 is 13.2 Å². The predicted molar refractivity (Wildman–Crippen MR) is 57.7 cm³/mol. The van der Waals surface area contributed by atoms with Gasteiger partial charge in [0.25, 0.3) is 0 Å². The summed E-state index contributed by atoms with van der Waals surface area (Å²) in [5.74, 6) is 0. The van der Waals surface area contributed by atoms with Gasteiger partial charge in [0, 0.05) is 5.39 Å². The number of H-pyrrole nitrogens is 1. The topological polar surface area (TPSA) is 28.7 Å². The lowest BCUT2D eigenvalue weighted by atomic mass is 10.1. The average Bonchev–Trinajstić information content (AvgIpc) is 2.64. The molecule has 1 aromatic carbocycles. The van der Waals surface area contributed by atoms with Crippen molar-refractivity contribution in [1.82, 2.24) is 10.2 Å². The number of halogens is 5. The summed E-state index contributed by atoms with van der Waals surface area (Å²) in [4.78, 5) is 0. The second-order valence-electron chi connectivity index (χ2n) is 2.74. The van der Waals surface area contributed by atoms with Gasteiger partial charge in [0.1, 0.15) is 0 Å². The molecule has 2 nitrogen and oxygen atoms in total. The summed E-state index contributed by atoms with van der Waals surface area (Å²) in [6.07, 6.45) is -2.96. The highest BCUT2D eigenvalue weighted by Gasteiger charge is 2.32. The Hall–Kier alpha value is -0.940. The minimum atomic E-state index is -4.33. The van der Waals surface area contributed by atoms with Crippen LogP contribution in [0.1, 0.15) is 5.56 Å². The van der Waals surface area contributed by atoms with Crippen LogP contribution in [-0.4, -0.2) is 15.5 Å². The minimum absolute atomic E-state index is 0.0370. The van der Waals surface area contributed by atoms with Gasteiger partial charge in [0.15, 0.2) is 0 Å². The van der Waals surface area contributed by atoms with Crippen molar-refractivity contribution in [3.05, 3.63) is 30.0 Å². The minimum Gasteiger partial charge on any atom is -0.277 e. The molecular formula is C9H7Cl2F3N2. The van der Waals surface area contributed by atoms with Gasteiger partial charge in [0.05, 0.1) is 22.6 Å². The maximum Gasteiger partial charge on any atom is 0.418 e. The van der Waals surface area contributed by atoms with Crippen molar-refractivity contribution in [1.29, 1.82) is 0 Å². The molecule has 0 fully saturated rings. The summed E-state index contributed by atoms with van der Waals surface area (Å²) in [5, 5.41) is 6.54. The van der Waals surface area contributed by atoms with Gasteiger partial charge in [-0.15, -0.1) is 23.2 Å². The van der Waals surface area contributed by atoms with E-state index >= 15 is 0 Å². The van der Waals surface area contributed by atoms with Gasteiger partial charge >= 0.3 is 6.18 Å². The second-order valence-corrected chi connectivity index (χ2v) is 3.55. The Morgan fingerprint density at radius 3 is 2.44 bits per heavy atom. The third-order valence-corrected chi connectivity index (χ3v) is 1.78. The zero-order valence-electron chi connectivity index (χ0n) is 7.85. The van der Waals surface area contributed by atoms with Crippen LogP contribution in [0.2, 0.25) is 0 Å². The van der Waals surface area contributed by atoms with Crippen LogP contribution in [0.3, 0.4) is 0 Å². The SMILES string of the molecule is ClCCl.FC(F)(F)c1cccc2cn[nH]c12. The predicted octanol–water partition coefficient (Wildman–Crippen LogP) is 4.00. The Labute approximate surface area is 99.3 Å². The van der Waals surface area contributed by atoms with Crippen LogP contribution in [0.25, 0.3) is 10.9 Å². The first-order chi connectivity index (χ1) is 7.50. The molecule has 0 unspecified atom stereocenters. The summed E-state index contributed by atoms with van der Waals surface area (Å²) in [6, 6.07) is 3.97. The van der Waals surface area contributed by atoms with Crippen LogP contribution in [0.4, 0.5) is 13.2 Å². The molecule has 2 aromatic rings. The summed E-state index contributed by atoms with van der Waals surface area (Å²) in [5.41, 5.74) is -0.641. The fraction of sp³-hybridized carbons (Fsp3) is 0.222. The number of fused-ring (bicyclic) bond motifs is 1. The number of rotatable bonds is 0. The van der Waals surface area contributed by atoms with E-state index in [0.717, 1.165) is 6.07 Å². The van der Waals surface area contributed by atoms with Gasteiger partial charge in [-0.3, -0.25) is 5.10 Å². The molecule has 1 aromatic heterocycles. The lowest BCUT2D eigenvalue weighted by Gasteiger charge is -2.06. The van der Waals surface area contributed by atoms with E-state index in [-0.39, 0.29) is 10.9 Å². The number of nitrogens with one attached hydrogen (secondary N) is 1. The van der Waals surface area contributed by atoms with E-state index in [9.17, 15) is 13.2 Å². The van der Waals surface area contributed by atoms with Gasteiger partial charge in [0.2, 0.25) is 0 Å². The fourth-order valence-corrected chi connectivity index (χ4v) is 1.21. The van der Waals surface area contributed by atoms with Crippen molar-refractivity contribution in [2.24, 2.45) is 0 Å². The Morgan fingerprint density at radius 1 is 1.25 bits per heavy atom. The largest absolute Gasteiger partial charge is 0.418 e. The van der Waals surface area contributed by atoms with Gasteiger partial charge in [-0.2, -0.15) is 18.3 Å². The van der Waals surface area contributed by atoms with E-state index in [1.807, 2.05) is 0 Å². The van der Waals surface area contributed by atoms with E-state index in [2.05, 4.69) is 10.2 Å². The number of hydrogen-bond donors (Lipinski definition) is 1. The molecule has 88 valence electrons. The second kappa shape index (κ2) is 5.41. The Balaban J connectivity index is 0.000000386. The van der Waals surface area contributed by atoms with Crippen molar-refractivity contribution in [3.8, 4) is 0 Å². The zero-order chi connectivity index (χ0) is 12.2. The van der Waals surface area contributed by atoms with E-state index in [4.69, 9.17) is 23.2 Å². The molecule has 0 bridgehead atoms. The monoisotopic (exact) mass is 270 g/mol. The molecule has 0 aliphatic rings. The normalized spacial score (nSPS) is 11.1. The number of aromatic nitrogens is 2. The number of benzene rings is 1. The molecular weight excluding hydrogens is 264 g/mol. The maximum atomic E-state index is 12.3. The number of alkyl halides is 5. The highest BCUT2D eigenvalue weighted by molar-refractivity contribution is 6.40. The average molecular weight is 271 g/mol. The van der Waals surface area contributed by atoms with Crippen molar-refractivity contribution in [2.45, 2.75) is 6.18 Å². The molecule has 1 N–H and O–H groups in total. The van der Waals surface area contributed by atoms with Gasteiger partial charge < -0.3 is 0 Å². The molecule has 0 spiro atoms. The van der Waals surface area contributed by atoms with Gasteiger partial charge in [-0.05, 0) is 6.07 Å². The van der Waals surface area contributed by atoms with E-state index < -0.39 is 11.7 Å². The van der Waals surface area contributed by atoms with Crippen molar-refractivity contribution >= 4 is 34.1 Å². The van der Waals surface area contributed by atoms with Crippen LogP contribution in [-0.2, 0) is 6.18 Å². The number of aromatic amines is 1. The molecule has 1 heterocycles. The first kappa shape index (κ1) is 13.1. The molecule has 0 amide bonds. The maximum absolute atomic E-state index is 12.3. The molecule has 2 rings (SSSR count). The van der Waals surface area contributed by atoms with Gasteiger partial charge in [-0.25, -0.2) is 0 Å². The Kier molecular flexibility index (Phi) is 4.44. The third-order valence-electron chi connectivity index (χ3n) is 1.78. The molecule has 0 radical (unpaired) electrons. The number of hydrogen-bond acceptors (Lipinski definition) is 1. The first-order valence-electron chi connectivity index (χ1n) is 4.12. The molecule has 0 aliphatic heterocycles. The fourth-order valence-electron chi connectivity index (χ4n) is 1.21. The highest BCUT2D eigenvalue weighted by atomic mass is 35.5. The molecule has 7 heteroatoms. The number of nitrogens with zero attached hydrogens (tertiary/aromatic N) is 1. The van der Waals surface area contributed by atoms with Crippen LogP contribution in [0.5, 0.6) is 0 Å². The van der Waals surface area contributed by atoms with Crippen molar-refractivity contribution in [2.75, 3.05) is 5.34 Å². The van der Waals surface area contributed by atoms with Crippen LogP contribution < -0.4 is 0 Å². The summed E-state index contributed by atoms with van der Waals surface area (Å²) >= 11 is 9.53. The smallest absolute Gasteiger partial charge is 0.277 e. The molecule has 16 heavy (non-hydrogen) atoms. The van der Waals surface area contributed by atoms with Crippen LogP contribution in [0, 0.1) is 0 Å². The zero-order valence-corrected chi connectivity index (χ0v) is 9.37. The standard InChI is InChI=1S/C8H5F3N2.CH2Cl2/c9-8(10,11)6-3-1-2-5-4-12-13-7(5)6;2-1-3/h1-4H,(H,12,13);1H2. The van der Waals surface area contributed by atoms with Gasteiger partial charge in [-0.1, -0.05) is 12.1 Å². The van der Waals surface area contributed by atoms with E-state index in [1.54, 1.807) is 6.07 Å². The first-order valence-corrected chi connectivity index (χ1v) is 5.19. The summed E-state index contributed by atoms with van der Waals surface area (Å²) in [6.45, 7) is 0. The van der Waals surface area contributed by atoms with E-state index in [1.165, 1.54) is 12.3 Å². The molecule has 0 saturated heterocycles. The lowest BCUT2D eigenvalue weighted by Crippen LogP contribution is -2.05.